The third-order valence-corrected chi connectivity index (χ3v) is 4.32. The summed E-state index contributed by atoms with van der Waals surface area (Å²) in [5.74, 6) is 0. The molecule has 2 rings (SSSR count). The third kappa shape index (κ3) is 3.44. The Labute approximate surface area is 99.8 Å². The zero-order valence-electron chi connectivity index (χ0n) is 10.7. The van der Waals surface area contributed by atoms with Gasteiger partial charge in [0, 0.05) is 24.7 Å². The van der Waals surface area contributed by atoms with Gasteiger partial charge in [-0.2, -0.15) is 0 Å². The van der Waals surface area contributed by atoms with Gasteiger partial charge in [-0.25, -0.2) is 0 Å². The van der Waals surface area contributed by atoms with E-state index in [1.807, 2.05) is 0 Å². The quantitative estimate of drug-likeness (QED) is 0.758. The molecule has 0 bridgehead atoms. The summed E-state index contributed by atoms with van der Waals surface area (Å²) in [6.45, 7) is 7.11. The highest BCUT2D eigenvalue weighted by atomic mass is 15.2. The van der Waals surface area contributed by atoms with E-state index in [0.29, 0.717) is 11.6 Å². The van der Waals surface area contributed by atoms with Gasteiger partial charge in [0.2, 0.25) is 0 Å². The first kappa shape index (κ1) is 12.3. The predicted molar refractivity (Wildman–Crippen MR) is 68.5 cm³/mol. The van der Waals surface area contributed by atoms with Gasteiger partial charge in [0.25, 0.3) is 0 Å². The largest absolute Gasteiger partial charge is 0.328 e. The maximum Gasteiger partial charge on any atom is 0.0153 e. The first-order valence-corrected chi connectivity index (χ1v) is 6.91. The zero-order chi connectivity index (χ0) is 11.4. The van der Waals surface area contributed by atoms with Gasteiger partial charge in [-0.3, -0.25) is 0 Å². The van der Waals surface area contributed by atoms with Gasteiger partial charge in [0.15, 0.2) is 0 Å². The van der Waals surface area contributed by atoms with Crippen LogP contribution in [-0.4, -0.2) is 42.7 Å². The molecule has 16 heavy (non-hydrogen) atoms. The summed E-state index contributed by atoms with van der Waals surface area (Å²) >= 11 is 0. The highest BCUT2D eigenvalue weighted by Gasteiger charge is 2.27. The summed E-state index contributed by atoms with van der Waals surface area (Å²) in [6.07, 6.45) is 7.88. The Morgan fingerprint density at radius 3 is 2.50 bits per heavy atom. The normalized spacial score (nSPS) is 27.4. The van der Waals surface area contributed by atoms with E-state index in [9.17, 15) is 0 Å². The molecule has 1 saturated carbocycles. The van der Waals surface area contributed by atoms with Gasteiger partial charge in [-0.15, -0.1) is 0 Å². The second-order valence-electron chi connectivity index (χ2n) is 5.87. The molecular formula is C13H27N3. The minimum atomic E-state index is 0.437. The summed E-state index contributed by atoms with van der Waals surface area (Å²) in [6, 6.07) is 0.455. The Kier molecular flexibility index (Phi) is 4.22. The van der Waals surface area contributed by atoms with Crippen molar-refractivity contribution < 1.29 is 0 Å². The van der Waals surface area contributed by atoms with Crippen molar-refractivity contribution in [3.63, 3.8) is 0 Å². The smallest absolute Gasteiger partial charge is 0.0153 e. The van der Waals surface area contributed by atoms with Crippen molar-refractivity contribution in [3.05, 3.63) is 0 Å². The minimum absolute atomic E-state index is 0.437. The molecule has 0 aromatic heterocycles. The highest BCUT2D eigenvalue weighted by Crippen LogP contribution is 2.28. The summed E-state index contributed by atoms with van der Waals surface area (Å²) in [5, 5.41) is 3.74. The lowest BCUT2D eigenvalue weighted by Gasteiger charge is -2.32. The van der Waals surface area contributed by atoms with Crippen molar-refractivity contribution in [2.75, 3.05) is 26.2 Å². The van der Waals surface area contributed by atoms with Crippen LogP contribution in [0.25, 0.3) is 0 Å². The lowest BCUT2D eigenvalue weighted by molar-refractivity contribution is 0.205. The van der Waals surface area contributed by atoms with Crippen LogP contribution in [0.5, 0.6) is 0 Å². The van der Waals surface area contributed by atoms with E-state index < -0.39 is 0 Å². The molecule has 94 valence electrons. The molecular weight excluding hydrogens is 198 g/mol. The zero-order valence-corrected chi connectivity index (χ0v) is 10.7. The van der Waals surface area contributed by atoms with Gasteiger partial charge in [-0.1, -0.05) is 12.8 Å². The van der Waals surface area contributed by atoms with Gasteiger partial charge >= 0.3 is 0 Å². The predicted octanol–water partition coefficient (Wildman–Crippen LogP) is 1.33. The van der Waals surface area contributed by atoms with E-state index in [2.05, 4.69) is 17.1 Å². The van der Waals surface area contributed by atoms with E-state index in [-0.39, 0.29) is 0 Å². The SMILES string of the molecule is CC1(NCCN2CCC(N)CC2)CCCC1. The van der Waals surface area contributed by atoms with Crippen molar-refractivity contribution in [2.24, 2.45) is 5.73 Å². The fraction of sp³-hybridized carbons (Fsp3) is 1.00. The molecule has 1 aliphatic heterocycles. The van der Waals surface area contributed by atoms with E-state index >= 15 is 0 Å². The molecule has 0 amide bonds. The van der Waals surface area contributed by atoms with Gasteiger partial charge in [0.05, 0.1) is 0 Å². The lowest BCUT2D eigenvalue weighted by atomic mass is 10.0. The second kappa shape index (κ2) is 5.48. The topological polar surface area (TPSA) is 41.3 Å². The molecule has 3 heteroatoms. The highest BCUT2D eigenvalue weighted by molar-refractivity contribution is 4.88. The van der Waals surface area contributed by atoms with Crippen LogP contribution in [-0.2, 0) is 0 Å². The molecule has 0 aromatic carbocycles. The van der Waals surface area contributed by atoms with Crippen LogP contribution < -0.4 is 11.1 Å². The molecule has 0 unspecified atom stereocenters. The molecule has 3 nitrogen and oxygen atoms in total. The Hall–Kier alpha value is -0.120. The molecule has 0 aromatic rings. The maximum absolute atomic E-state index is 5.90. The van der Waals surface area contributed by atoms with Gasteiger partial charge in [0.1, 0.15) is 0 Å². The Morgan fingerprint density at radius 1 is 1.25 bits per heavy atom. The van der Waals surface area contributed by atoms with Crippen LogP contribution in [0.3, 0.4) is 0 Å². The first-order chi connectivity index (χ1) is 7.68. The molecule has 2 aliphatic rings. The maximum atomic E-state index is 5.90. The van der Waals surface area contributed by atoms with E-state index in [1.54, 1.807) is 0 Å². The van der Waals surface area contributed by atoms with Crippen LogP contribution >= 0.6 is 0 Å². The fourth-order valence-electron chi connectivity index (χ4n) is 3.02. The molecule has 3 N–H and O–H groups in total. The number of hydrogen-bond donors (Lipinski definition) is 2. The van der Waals surface area contributed by atoms with E-state index in [1.165, 1.54) is 58.2 Å². The van der Waals surface area contributed by atoms with Gasteiger partial charge < -0.3 is 16.0 Å². The molecule has 2 fully saturated rings. The van der Waals surface area contributed by atoms with Gasteiger partial charge in [-0.05, 0) is 45.7 Å². The monoisotopic (exact) mass is 225 g/mol. The molecule has 1 aliphatic carbocycles. The number of nitrogens with two attached hydrogens (primary N) is 1. The lowest BCUT2D eigenvalue weighted by Crippen LogP contribution is -2.46. The van der Waals surface area contributed by atoms with Crippen molar-refractivity contribution in [1.29, 1.82) is 0 Å². The van der Waals surface area contributed by atoms with Crippen molar-refractivity contribution >= 4 is 0 Å². The van der Waals surface area contributed by atoms with Crippen molar-refractivity contribution in [1.82, 2.24) is 10.2 Å². The van der Waals surface area contributed by atoms with E-state index in [0.717, 1.165) is 6.54 Å². The van der Waals surface area contributed by atoms with Crippen LogP contribution in [0.15, 0.2) is 0 Å². The number of hydrogen-bond acceptors (Lipinski definition) is 3. The number of nitrogens with one attached hydrogen (secondary N) is 1. The van der Waals surface area contributed by atoms with Crippen molar-refractivity contribution in [2.45, 2.75) is 57.0 Å². The summed E-state index contributed by atoms with van der Waals surface area (Å²) in [4.78, 5) is 2.55. The number of piperidine rings is 1. The Morgan fingerprint density at radius 2 is 1.88 bits per heavy atom. The molecule has 0 atom stereocenters. The average molecular weight is 225 g/mol. The molecule has 0 radical (unpaired) electrons. The fourth-order valence-corrected chi connectivity index (χ4v) is 3.02. The number of rotatable bonds is 4. The summed E-state index contributed by atoms with van der Waals surface area (Å²) in [5.41, 5.74) is 6.34. The second-order valence-corrected chi connectivity index (χ2v) is 5.87. The summed E-state index contributed by atoms with van der Waals surface area (Å²) in [7, 11) is 0. The molecule has 1 saturated heterocycles. The Balaban J connectivity index is 1.61. The third-order valence-electron chi connectivity index (χ3n) is 4.32. The van der Waals surface area contributed by atoms with Crippen molar-refractivity contribution in [3.8, 4) is 0 Å². The van der Waals surface area contributed by atoms with Crippen LogP contribution in [0, 0.1) is 0 Å². The van der Waals surface area contributed by atoms with Crippen LogP contribution in [0.4, 0.5) is 0 Å². The molecule has 0 spiro atoms. The Bertz CT molecular complexity index is 203. The van der Waals surface area contributed by atoms with Crippen LogP contribution in [0.2, 0.25) is 0 Å². The van der Waals surface area contributed by atoms with Crippen LogP contribution in [0.1, 0.15) is 45.4 Å². The first-order valence-electron chi connectivity index (χ1n) is 6.91. The standard InChI is InChI=1S/C13H27N3/c1-13(6-2-3-7-13)15-8-11-16-9-4-12(14)5-10-16/h12,15H,2-11,14H2,1H3. The number of nitrogens with zero attached hydrogens (tertiary/aromatic N) is 1. The molecule has 1 heterocycles. The average Bonchev–Trinajstić information content (AvgIpc) is 2.69. The summed E-state index contributed by atoms with van der Waals surface area (Å²) < 4.78 is 0. The van der Waals surface area contributed by atoms with E-state index in [4.69, 9.17) is 5.73 Å². The number of likely N-dealkylation sites (tertiary alicyclic amines) is 1. The minimum Gasteiger partial charge on any atom is -0.328 e.